The van der Waals surface area contributed by atoms with Gasteiger partial charge in [-0.2, -0.15) is 0 Å². The Balaban J connectivity index is 2.38. The van der Waals surface area contributed by atoms with Gasteiger partial charge < -0.3 is 25.0 Å². The maximum atomic E-state index is 13.7. The van der Waals surface area contributed by atoms with Crippen LogP contribution in [0.4, 0.5) is 10.5 Å². The Morgan fingerprint density at radius 2 is 1.66 bits per heavy atom. The van der Waals surface area contributed by atoms with Crippen LogP contribution in [-0.4, -0.2) is 48.1 Å². The fourth-order valence-electron chi connectivity index (χ4n) is 3.59. The molecule has 8 heteroatoms. The summed E-state index contributed by atoms with van der Waals surface area (Å²) in [7, 11) is 1.57. The van der Waals surface area contributed by atoms with Gasteiger partial charge in [-0.1, -0.05) is 31.2 Å². The van der Waals surface area contributed by atoms with E-state index in [2.05, 4.69) is 10.6 Å². The predicted molar refractivity (Wildman–Crippen MR) is 136 cm³/mol. The monoisotopic (exact) mass is 483 g/mol. The van der Waals surface area contributed by atoms with Gasteiger partial charge in [0.15, 0.2) is 0 Å². The van der Waals surface area contributed by atoms with Crippen LogP contribution in [0.3, 0.4) is 0 Å². The largest absolute Gasteiger partial charge is 0.497 e. The maximum Gasteiger partial charge on any atom is 0.408 e. The zero-order valence-electron chi connectivity index (χ0n) is 21.7. The first kappa shape index (κ1) is 27.7. The molecule has 8 nitrogen and oxygen atoms in total. The van der Waals surface area contributed by atoms with Crippen molar-refractivity contribution in [1.82, 2.24) is 10.2 Å². The molecule has 190 valence electrons. The first-order valence-electron chi connectivity index (χ1n) is 11.7. The number of benzene rings is 2. The number of aryl methyl sites for hydroxylation is 1. The molecule has 2 rings (SSSR count). The van der Waals surface area contributed by atoms with E-state index in [1.807, 2.05) is 45.0 Å². The molecule has 0 saturated heterocycles. The number of carbonyl (C=O) groups is 3. The van der Waals surface area contributed by atoms with Gasteiger partial charge in [0.2, 0.25) is 5.91 Å². The van der Waals surface area contributed by atoms with Gasteiger partial charge in [-0.25, -0.2) is 4.79 Å². The van der Waals surface area contributed by atoms with Crippen molar-refractivity contribution in [2.45, 2.75) is 65.6 Å². The highest BCUT2D eigenvalue weighted by Gasteiger charge is 2.35. The van der Waals surface area contributed by atoms with Gasteiger partial charge in [-0.05, 0) is 76.4 Å². The van der Waals surface area contributed by atoms with Crippen molar-refractivity contribution in [3.8, 4) is 5.75 Å². The molecule has 0 aliphatic carbocycles. The van der Waals surface area contributed by atoms with Gasteiger partial charge in [-0.3, -0.25) is 9.59 Å². The molecule has 3 amide bonds. The summed E-state index contributed by atoms with van der Waals surface area (Å²) in [6.07, 6.45) is -0.0683. The molecule has 2 unspecified atom stereocenters. The lowest BCUT2D eigenvalue weighted by molar-refractivity contribution is -0.140. The fourth-order valence-corrected chi connectivity index (χ4v) is 3.59. The van der Waals surface area contributed by atoms with E-state index in [0.29, 0.717) is 23.4 Å². The standard InChI is InChI=1S/C27H37N3O5/c1-8-19(3)30(23(31)17-28-26(33)35-27(4,5)6)24(22-12-10-9-11-18(22)2)25(32)29-20-13-15-21(34-7)16-14-20/h9-16,19,24H,8,17H2,1-7H3,(H,28,33)(H,29,32). The number of anilines is 1. The molecule has 2 aromatic rings. The number of rotatable bonds is 9. The van der Waals surface area contributed by atoms with Crippen molar-refractivity contribution in [2.75, 3.05) is 19.0 Å². The summed E-state index contributed by atoms with van der Waals surface area (Å²) < 4.78 is 10.4. The summed E-state index contributed by atoms with van der Waals surface area (Å²) in [6.45, 7) is 10.7. The predicted octanol–water partition coefficient (Wildman–Crippen LogP) is 4.84. The van der Waals surface area contributed by atoms with E-state index in [9.17, 15) is 14.4 Å². The molecule has 2 N–H and O–H groups in total. The quantitative estimate of drug-likeness (QED) is 0.532. The normalized spacial score (nSPS) is 12.8. The second-order valence-corrected chi connectivity index (χ2v) is 9.39. The molecule has 0 bridgehead atoms. The van der Waals surface area contributed by atoms with Crippen molar-refractivity contribution < 1.29 is 23.9 Å². The van der Waals surface area contributed by atoms with E-state index in [0.717, 1.165) is 5.56 Å². The number of hydrogen-bond acceptors (Lipinski definition) is 5. The molecule has 35 heavy (non-hydrogen) atoms. The van der Waals surface area contributed by atoms with E-state index in [1.165, 1.54) is 0 Å². The number of nitrogens with zero attached hydrogens (tertiary/aromatic N) is 1. The van der Waals surface area contributed by atoms with Crippen LogP contribution in [-0.2, 0) is 14.3 Å². The average Bonchev–Trinajstić information content (AvgIpc) is 2.80. The third-order valence-corrected chi connectivity index (χ3v) is 5.50. The van der Waals surface area contributed by atoms with E-state index in [4.69, 9.17) is 9.47 Å². The minimum atomic E-state index is -0.902. The fraction of sp³-hybridized carbons (Fsp3) is 0.444. The van der Waals surface area contributed by atoms with Gasteiger partial charge >= 0.3 is 6.09 Å². The lowest BCUT2D eigenvalue weighted by atomic mass is 9.97. The number of carbonyl (C=O) groups excluding carboxylic acids is 3. The minimum absolute atomic E-state index is 0.269. The Kier molecular flexibility index (Phi) is 9.68. The molecule has 0 aliphatic heterocycles. The molecule has 0 radical (unpaired) electrons. The number of methoxy groups -OCH3 is 1. The number of amides is 3. The molecule has 2 atom stereocenters. The van der Waals surface area contributed by atoms with Gasteiger partial charge in [-0.15, -0.1) is 0 Å². The van der Waals surface area contributed by atoms with Crippen molar-refractivity contribution >= 4 is 23.6 Å². The summed E-state index contributed by atoms with van der Waals surface area (Å²) in [5.41, 5.74) is 1.48. The Hall–Kier alpha value is -3.55. The lowest BCUT2D eigenvalue weighted by Crippen LogP contribution is -2.50. The van der Waals surface area contributed by atoms with Crippen LogP contribution in [0.5, 0.6) is 5.75 Å². The molecule has 0 aromatic heterocycles. The summed E-state index contributed by atoms with van der Waals surface area (Å²) in [5, 5.41) is 5.45. The number of hydrogen-bond donors (Lipinski definition) is 2. The van der Waals surface area contributed by atoms with Crippen LogP contribution in [0, 0.1) is 6.92 Å². The minimum Gasteiger partial charge on any atom is -0.497 e. The summed E-state index contributed by atoms with van der Waals surface area (Å²) in [4.78, 5) is 40.8. The third-order valence-electron chi connectivity index (χ3n) is 5.50. The van der Waals surface area contributed by atoms with Crippen LogP contribution < -0.4 is 15.4 Å². The van der Waals surface area contributed by atoms with Crippen molar-refractivity contribution in [3.05, 3.63) is 59.7 Å². The lowest BCUT2D eigenvalue weighted by Gasteiger charge is -2.36. The smallest absolute Gasteiger partial charge is 0.408 e. The molecule has 0 spiro atoms. The highest BCUT2D eigenvalue weighted by molar-refractivity contribution is 5.98. The molecule has 0 heterocycles. The SMILES string of the molecule is CCC(C)N(C(=O)CNC(=O)OC(C)(C)C)C(C(=O)Nc1ccc(OC)cc1)c1ccccc1C. The van der Waals surface area contributed by atoms with E-state index in [-0.39, 0.29) is 24.4 Å². The third kappa shape index (κ3) is 8.02. The van der Waals surface area contributed by atoms with Crippen LogP contribution in [0.25, 0.3) is 0 Å². The zero-order valence-corrected chi connectivity index (χ0v) is 21.7. The first-order chi connectivity index (χ1) is 16.5. The van der Waals surface area contributed by atoms with Crippen molar-refractivity contribution in [1.29, 1.82) is 0 Å². The summed E-state index contributed by atoms with van der Waals surface area (Å²) in [5.74, 6) is -0.0678. The van der Waals surface area contributed by atoms with Crippen molar-refractivity contribution in [2.24, 2.45) is 0 Å². The number of alkyl carbamates (subject to hydrolysis) is 1. The van der Waals surface area contributed by atoms with Crippen molar-refractivity contribution in [3.63, 3.8) is 0 Å². The van der Waals surface area contributed by atoms with E-state index >= 15 is 0 Å². The van der Waals surface area contributed by atoms with Crippen LogP contribution in [0.15, 0.2) is 48.5 Å². The summed E-state index contributed by atoms with van der Waals surface area (Å²) >= 11 is 0. The summed E-state index contributed by atoms with van der Waals surface area (Å²) in [6, 6.07) is 13.3. The van der Waals surface area contributed by atoms with Crippen LogP contribution >= 0.6 is 0 Å². The number of nitrogens with one attached hydrogen (secondary N) is 2. The van der Waals surface area contributed by atoms with Gasteiger partial charge in [0.1, 0.15) is 23.9 Å². The Bertz CT molecular complexity index is 1010. The Morgan fingerprint density at radius 3 is 2.20 bits per heavy atom. The molecule has 0 saturated carbocycles. The van der Waals surface area contributed by atoms with Crippen LogP contribution in [0.2, 0.25) is 0 Å². The van der Waals surface area contributed by atoms with Crippen LogP contribution in [0.1, 0.15) is 58.2 Å². The van der Waals surface area contributed by atoms with Gasteiger partial charge in [0, 0.05) is 11.7 Å². The number of ether oxygens (including phenoxy) is 2. The molecular formula is C27H37N3O5. The Labute approximate surface area is 208 Å². The molecule has 0 fully saturated rings. The van der Waals surface area contributed by atoms with Gasteiger partial charge in [0.25, 0.3) is 5.91 Å². The first-order valence-corrected chi connectivity index (χ1v) is 11.7. The van der Waals surface area contributed by atoms with E-state index < -0.39 is 17.7 Å². The zero-order chi connectivity index (χ0) is 26.2. The topological polar surface area (TPSA) is 97.0 Å². The second-order valence-electron chi connectivity index (χ2n) is 9.39. The highest BCUT2D eigenvalue weighted by atomic mass is 16.6. The average molecular weight is 484 g/mol. The molecule has 2 aromatic carbocycles. The Morgan fingerprint density at radius 1 is 1.03 bits per heavy atom. The molecule has 0 aliphatic rings. The molecular weight excluding hydrogens is 446 g/mol. The van der Waals surface area contributed by atoms with Gasteiger partial charge in [0.05, 0.1) is 7.11 Å². The highest BCUT2D eigenvalue weighted by Crippen LogP contribution is 2.29. The maximum absolute atomic E-state index is 13.7. The second kappa shape index (κ2) is 12.2. The van der Waals surface area contributed by atoms with E-state index in [1.54, 1.807) is 57.0 Å².